The zero-order chi connectivity index (χ0) is 26.2. The molecule has 4 aromatic rings. The quantitative estimate of drug-likeness (QED) is 0.252. The van der Waals surface area contributed by atoms with Gasteiger partial charge in [0.05, 0.1) is 25.5 Å². The van der Waals surface area contributed by atoms with E-state index in [0.29, 0.717) is 33.4 Å². The fourth-order valence-corrected chi connectivity index (χ4v) is 4.86. The highest BCUT2D eigenvalue weighted by Gasteiger charge is 2.19. The van der Waals surface area contributed by atoms with Crippen LogP contribution in [0.3, 0.4) is 0 Å². The number of methoxy groups -OCH3 is 2. The van der Waals surface area contributed by atoms with E-state index in [0.717, 1.165) is 28.1 Å². The highest BCUT2D eigenvalue weighted by Crippen LogP contribution is 2.40. The molecule has 4 rings (SSSR count). The number of hydrogen-bond donors (Lipinski definition) is 1. The van der Waals surface area contributed by atoms with E-state index in [1.165, 1.54) is 11.8 Å². The fourth-order valence-electron chi connectivity index (χ4n) is 3.91. The molecule has 1 aromatic heterocycles. The van der Waals surface area contributed by atoms with Crippen LogP contribution < -0.4 is 14.8 Å². The van der Waals surface area contributed by atoms with Gasteiger partial charge in [-0.2, -0.15) is 5.26 Å². The van der Waals surface area contributed by atoms with E-state index in [2.05, 4.69) is 11.4 Å². The van der Waals surface area contributed by atoms with Crippen LogP contribution in [0.15, 0.2) is 83.9 Å². The number of hydrogen-bond acceptors (Lipinski definition) is 6. The third-order valence-corrected chi connectivity index (χ3v) is 6.71. The highest BCUT2D eigenvalue weighted by atomic mass is 32.2. The summed E-state index contributed by atoms with van der Waals surface area (Å²) in [4.78, 5) is 17.4. The Morgan fingerprint density at radius 1 is 0.973 bits per heavy atom. The summed E-state index contributed by atoms with van der Waals surface area (Å²) in [5, 5.41) is 13.7. The molecule has 37 heavy (non-hydrogen) atoms. The first kappa shape index (κ1) is 25.8. The number of aromatic nitrogens is 1. The molecule has 0 radical (unpaired) electrons. The van der Waals surface area contributed by atoms with Crippen LogP contribution in [0.1, 0.15) is 17.5 Å². The third-order valence-electron chi connectivity index (χ3n) is 5.73. The maximum atomic E-state index is 12.6. The van der Waals surface area contributed by atoms with Gasteiger partial charge >= 0.3 is 0 Å². The van der Waals surface area contributed by atoms with E-state index in [1.807, 2.05) is 85.8 Å². The number of carbonyl (C=O) groups is 1. The van der Waals surface area contributed by atoms with E-state index < -0.39 is 0 Å². The summed E-state index contributed by atoms with van der Waals surface area (Å²) in [7, 11) is 3.20. The zero-order valence-corrected chi connectivity index (χ0v) is 21.8. The maximum absolute atomic E-state index is 12.6. The minimum atomic E-state index is -0.0921. The lowest BCUT2D eigenvalue weighted by Gasteiger charge is -2.15. The standard InChI is InChI=1S/C30H27N3O3S/c1-20-8-7-11-22(16-20)32-29(34)14-15-37-30-26(19-31)24(18-27(33-30)21-9-5-4-6-10-21)25-17-23(35-2)12-13-28(25)36-3/h4-13,16-18H,14-15H2,1-3H3,(H,32,34). The number of amides is 1. The monoisotopic (exact) mass is 509 g/mol. The van der Waals surface area contributed by atoms with Gasteiger partial charge in [-0.15, -0.1) is 11.8 Å². The number of nitrogens with zero attached hydrogens (tertiary/aromatic N) is 2. The van der Waals surface area contributed by atoms with Crippen LogP contribution in [0.2, 0.25) is 0 Å². The Kier molecular flexibility index (Phi) is 8.44. The second-order valence-electron chi connectivity index (χ2n) is 8.30. The molecule has 0 spiro atoms. The first-order chi connectivity index (χ1) is 18.0. The maximum Gasteiger partial charge on any atom is 0.225 e. The van der Waals surface area contributed by atoms with Crippen LogP contribution in [0.25, 0.3) is 22.4 Å². The molecule has 0 aliphatic rings. The fraction of sp³-hybridized carbons (Fsp3) is 0.167. The Bertz CT molecular complexity index is 1450. The molecule has 6 nitrogen and oxygen atoms in total. The molecule has 0 saturated heterocycles. The van der Waals surface area contributed by atoms with Crippen molar-refractivity contribution in [1.82, 2.24) is 4.98 Å². The van der Waals surface area contributed by atoms with Crippen molar-refractivity contribution in [3.05, 3.63) is 90.0 Å². The predicted octanol–water partition coefficient (Wildman–Crippen LogP) is 6.73. The van der Waals surface area contributed by atoms with E-state index in [-0.39, 0.29) is 12.3 Å². The average Bonchev–Trinajstić information content (AvgIpc) is 2.92. The molecule has 1 heterocycles. The van der Waals surface area contributed by atoms with Gasteiger partial charge in [0.15, 0.2) is 0 Å². The van der Waals surface area contributed by atoms with Crippen molar-refractivity contribution in [2.24, 2.45) is 0 Å². The topological polar surface area (TPSA) is 84.2 Å². The Morgan fingerprint density at radius 2 is 1.78 bits per heavy atom. The molecule has 186 valence electrons. The van der Waals surface area contributed by atoms with Gasteiger partial charge in [0.2, 0.25) is 5.91 Å². The molecule has 0 aliphatic heterocycles. The first-order valence-electron chi connectivity index (χ1n) is 11.7. The van der Waals surface area contributed by atoms with Crippen LogP contribution in [0.5, 0.6) is 11.5 Å². The SMILES string of the molecule is COc1ccc(OC)c(-c2cc(-c3ccccc3)nc(SCCC(=O)Nc3cccc(C)c3)c2C#N)c1. The van der Waals surface area contributed by atoms with Gasteiger partial charge in [-0.05, 0) is 48.9 Å². The number of nitrogens with one attached hydrogen (secondary N) is 1. The number of nitriles is 1. The third kappa shape index (κ3) is 6.29. The number of rotatable bonds is 9. The number of ether oxygens (including phenoxy) is 2. The molecule has 7 heteroatoms. The summed E-state index contributed by atoms with van der Waals surface area (Å²) in [5.41, 5.74) is 5.35. The molecule has 3 aromatic carbocycles. The van der Waals surface area contributed by atoms with Gasteiger partial charge in [0.25, 0.3) is 0 Å². The second kappa shape index (κ2) is 12.1. The summed E-state index contributed by atoms with van der Waals surface area (Å²) < 4.78 is 11.1. The predicted molar refractivity (Wildman–Crippen MR) is 148 cm³/mol. The lowest BCUT2D eigenvalue weighted by molar-refractivity contribution is -0.115. The Morgan fingerprint density at radius 3 is 2.49 bits per heavy atom. The molecule has 0 saturated carbocycles. The second-order valence-corrected chi connectivity index (χ2v) is 9.38. The van der Waals surface area contributed by atoms with Crippen LogP contribution in [0, 0.1) is 18.3 Å². The average molecular weight is 510 g/mol. The van der Waals surface area contributed by atoms with E-state index in [1.54, 1.807) is 14.2 Å². The van der Waals surface area contributed by atoms with E-state index in [9.17, 15) is 10.1 Å². The lowest BCUT2D eigenvalue weighted by atomic mass is 9.98. The van der Waals surface area contributed by atoms with Crippen LogP contribution in [-0.4, -0.2) is 30.9 Å². The van der Waals surface area contributed by atoms with Gasteiger partial charge in [-0.1, -0.05) is 42.5 Å². The highest BCUT2D eigenvalue weighted by molar-refractivity contribution is 7.99. The normalized spacial score (nSPS) is 10.4. The summed E-state index contributed by atoms with van der Waals surface area (Å²) in [6, 6.07) is 27.2. The van der Waals surface area contributed by atoms with Crippen molar-refractivity contribution in [3.63, 3.8) is 0 Å². The van der Waals surface area contributed by atoms with Gasteiger partial charge in [-0.25, -0.2) is 4.98 Å². The molecule has 1 amide bonds. The van der Waals surface area contributed by atoms with Crippen molar-refractivity contribution < 1.29 is 14.3 Å². The van der Waals surface area contributed by atoms with Gasteiger partial charge in [0.1, 0.15) is 22.6 Å². The summed E-state index contributed by atoms with van der Waals surface area (Å²) in [6.45, 7) is 1.98. The molecule has 0 fully saturated rings. The molecular formula is C30H27N3O3S. The number of benzene rings is 3. The van der Waals surface area contributed by atoms with E-state index in [4.69, 9.17) is 14.5 Å². The number of thioether (sulfide) groups is 1. The zero-order valence-electron chi connectivity index (χ0n) is 20.9. The van der Waals surface area contributed by atoms with E-state index >= 15 is 0 Å². The lowest BCUT2D eigenvalue weighted by Crippen LogP contribution is -2.12. The number of aryl methyl sites for hydroxylation is 1. The molecule has 0 aliphatic carbocycles. The Hall–Kier alpha value is -4.28. The van der Waals surface area contributed by atoms with Crippen molar-refractivity contribution in [2.45, 2.75) is 18.4 Å². The van der Waals surface area contributed by atoms with Crippen molar-refractivity contribution >= 4 is 23.4 Å². The molecular weight excluding hydrogens is 482 g/mol. The van der Waals surface area contributed by atoms with Crippen LogP contribution in [-0.2, 0) is 4.79 Å². The van der Waals surface area contributed by atoms with Crippen LogP contribution in [0.4, 0.5) is 5.69 Å². The summed E-state index contributed by atoms with van der Waals surface area (Å²) in [5.74, 6) is 1.65. The smallest absolute Gasteiger partial charge is 0.225 e. The summed E-state index contributed by atoms with van der Waals surface area (Å²) >= 11 is 1.39. The van der Waals surface area contributed by atoms with Gasteiger partial charge in [0, 0.05) is 34.6 Å². The first-order valence-corrected chi connectivity index (χ1v) is 12.7. The van der Waals surface area contributed by atoms with Crippen LogP contribution >= 0.6 is 11.8 Å². The largest absolute Gasteiger partial charge is 0.497 e. The van der Waals surface area contributed by atoms with Gasteiger partial charge in [-0.3, -0.25) is 4.79 Å². The Balaban J connectivity index is 1.68. The minimum Gasteiger partial charge on any atom is -0.497 e. The van der Waals surface area contributed by atoms with Crippen molar-refractivity contribution in [1.29, 1.82) is 5.26 Å². The van der Waals surface area contributed by atoms with Crippen molar-refractivity contribution in [2.75, 3.05) is 25.3 Å². The molecule has 1 N–H and O–H groups in total. The summed E-state index contributed by atoms with van der Waals surface area (Å²) in [6.07, 6.45) is 0.276. The molecule has 0 unspecified atom stereocenters. The van der Waals surface area contributed by atoms with Crippen molar-refractivity contribution in [3.8, 4) is 40.0 Å². The van der Waals surface area contributed by atoms with Gasteiger partial charge < -0.3 is 14.8 Å². The minimum absolute atomic E-state index is 0.0921. The Labute approximate surface area is 221 Å². The molecule has 0 atom stereocenters. The number of pyridine rings is 1. The molecule has 0 bridgehead atoms. The number of carbonyl (C=O) groups excluding carboxylic acids is 1. The number of anilines is 1.